The first-order valence-electron chi connectivity index (χ1n) is 4.85. The second-order valence-electron chi connectivity index (χ2n) is 3.29. The standard InChI is InChI=1S/C11H14O2S/c1-2-4-9-11(13-7-6-12-9)10-5-3-8-14-10/h2,6-7,10H,1,3-5,8H2. The van der Waals surface area contributed by atoms with E-state index in [1.165, 1.54) is 18.6 Å². The molecule has 2 aliphatic rings. The smallest absolute Gasteiger partial charge is 0.155 e. The van der Waals surface area contributed by atoms with Crippen molar-refractivity contribution in [2.75, 3.05) is 5.75 Å². The van der Waals surface area contributed by atoms with E-state index < -0.39 is 0 Å². The molecule has 1 unspecified atom stereocenters. The molecule has 1 fully saturated rings. The molecule has 14 heavy (non-hydrogen) atoms. The lowest BCUT2D eigenvalue weighted by molar-refractivity contribution is 0.215. The Hall–Kier alpha value is -0.830. The summed E-state index contributed by atoms with van der Waals surface area (Å²) in [6, 6.07) is 0. The van der Waals surface area contributed by atoms with Crippen LogP contribution in [0, 0.1) is 0 Å². The number of rotatable bonds is 3. The molecule has 0 radical (unpaired) electrons. The van der Waals surface area contributed by atoms with Gasteiger partial charge < -0.3 is 9.47 Å². The topological polar surface area (TPSA) is 18.5 Å². The Kier molecular flexibility index (Phi) is 3.19. The van der Waals surface area contributed by atoms with Crippen molar-refractivity contribution in [2.24, 2.45) is 0 Å². The van der Waals surface area contributed by atoms with E-state index in [0.717, 1.165) is 17.9 Å². The van der Waals surface area contributed by atoms with Crippen molar-refractivity contribution in [1.29, 1.82) is 0 Å². The molecule has 2 rings (SSSR count). The number of hydrogen-bond acceptors (Lipinski definition) is 3. The molecule has 0 N–H and O–H groups in total. The molecular formula is C11H14O2S. The van der Waals surface area contributed by atoms with E-state index in [-0.39, 0.29) is 0 Å². The third-order valence-electron chi connectivity index (χ3n) is 2.29. The molecular weight excluding hydrogens is 196 g/mol. The van der Waals surface area contributed by atoms with Gasteiger partial charge in [0.2, 0.25) is 0 Å². The van der Waals surface area contributed by atoms with Gasteiger partial charge in [-0.15, -0.1) is 6.58 Å². The molecule has 0 aliphatic carbocycles. The highest BCUT2D eigenvalue weighted by Crippen LogP contribution is 2.36. The van der Waals surface area contributed by atoms with Crippen LogP contribution in [0.2, 0.25) is 0 Å². The predicted molar refractivity (Wildman–Crippen MR) is 58.6 cm³/mol. The summed E-state index contributed by atoms with van der Waals surface area (Å²) < 4.78 is 11.0. The van der Waals surface area contributed by atoms with E-state index in [1.807, 2.05) is 17.8 Å². The average Bonchev–Trinajstić information content (AvgIpc) is 2.72. The summed E-state index contributed by atoms with van der Waals surface area (Å²) in [5, 5.41) is 0.481. The normalized spacial score (nSPS) is 25.9. The van der Waals surface area contributed by atoms with Crippen LogP contribution in [0.1, 0.15) is 19.3 Å². The fraction of sp³-hybridized carbons (Fsp3) is 0.455. The van der Waals surface area contributed by atoms with Gasteiger partial charge in [0, 0.05) is 6.42 Å². The van der Waals surface area contributed by atoms with Crippen LogP contribution < -0.4 is 0 Å². The molecule has 1 atom stereocenters. The van der Waals surface area contributed by atoms with Crippen LogP contribution in [0.4, 0.5) is 0 Å². The second kappa shape index (κ2) is 4.60. The van der Waals surface area contributed by atoms with Crippen LogP contribution in [-0.2, 0) is 9.47 Å². The molecule has 0 spiro atoms. The van der Waals surface area contributed by atoms with Gasteiger partial charge in [-0.2, -0.15) is 11.8 Å². The van der Waals surface area contributed by atoms with Crippen LogP contribution in [0.5, 0.6) is 0 Å². The van der Waals surface area contributed by atoms with Gasteiger partial charge in [0.25, 0.3) is 0 Å². The minimum atomic E-state index is 0.481. The lowest BCUT2D eigenvalue weighted by Crippen LogP contribution is -2.10. The first-order chi connectivity index (χ1) is 6.92. The minimum absolute atomic E-state index is 0.481. The van der Waals surface area contributed by atoms with Crippen molar-refractivity contribution in [2.45, 2.75) is 24.5 Å². The average molecular weight is 210 g/mol. The Labute approximate surface area is 88.7 Å². The highest BCUT2D eigenvalue weighted by Gasteiger charge is 2.26. The lowest BCUT2D eigenvalue weighted by atomic mass is 10.2. The molecule has 2 nitrogen and oxygen atoms in total. The van der Waals surface area contributed by atoms with Gasteiger partial charge in [-0.25, -0.2) is 0 Å². The van der Waals surface area contributed by atoms with Crippen molar-refractivity contribution in [3.63, 3.8) is 0 Å². The van der Waals surface area contributed by atoms with Gasteiger partial charge in [0.15, 0.2) is 5.76 Å². The van der Waals surface area contributed by atoms with Crippen molar-refractivity contribution in [1.82, 2.24) is 0 Å². The third-order valence-corrected chi connectivity index (χ3v) is 3.66. The van der Waals surface area contributed by atoms with Crippen LogP contribution in [0.3, 0.4) is 0 Å². The number of thioether (sulfide) groups is 1. The summed E-state index contributed by atoms with van der Waals surface area (Å²) in [6.45, 7) is 3.72. The first kappa shape index (κ1) is 9.71. The molecule has 76 valence electrons. The second-order valence-corrected chi connectivity index (χ2v) is 4.60. The van der Waals surface area contributed by atoms with Crippen molar-refractivity contribution < 1.29 is 9.47 Å². The Morgan fingerprint density at radius 1 is 1.50 bits per heavy atom. The van der Waals surface area contributed by atoms with Crippen molar-refractivity contribution >= 4 is 11.8 Å². The first-order valence-corrected chi connectivity index (χ1v) is 5.90. The maximum Gasteiger partial charge on any atom is 0.155 e. The highest BCUT2D eigenvalue weighted by molar-refractivity contribution is 8.00. The summed E-state index contributed by atoms with van der Waals surface area (Å²) in [7, 11) is 0. The summed E-state index contributed by atoms with van der Waals surface area (Å²) >= 11 is 1.95. The van der Waals surface area contributed by atoms with Crippen LogP contribution in [0.15, 0.2) is 36.7 Å². The molecule has 0 saturated carbocycles. The largest absolute Gasteiger partial charge is 0.462 e. The molecule has 0 aromatic heterocycles. The molecule has 3 heteroatoms. The maximum absolute atomic E-state index is 5.53. The van der Waals surface area contributed by atoms with E-state index >= 15 is 0 Å². The summed E-state index contributed by atoms with van der Waals surface area (Å²) in [6.07, 6.45) is 8.25. The lowest BCUT2D eigenvalue weighted by Gasteiger charge is -2.20. The van der Waals surface area contributed by atoms with E-state index in [0.29, 0.717) is 5.25 Å². The zero-order chi connectivity index (χ0) is 9.80. The van der Waals surface area contributed by atoms with Gasteiger partial charge in [-0.05, 0) is 18.6 Å². The van der Waals surface area contributed by atoms with Crippen LogP contribution in [0.25, 0.3) is 0 Å². The molecule has 0 bridgehead atoms. The molecule has 1 saturated heterocycles. The van der Waals surface area contributed by atoms with Gasteiger partial charge in [-0.1, -0.05) is 6.08 Å². The number of allylic oxidation sites excluding steroid dienone is 1. The Balaban J connectivity index is 2.13. The summed E-state index contributed by atoms with van der Waals surface area (Å²) in [5.74, 6) is 3.14. The zero-order valence-corrected chi connectivity index (χ0v) is 8.89. The predicted octanol–water partition coefficient (Wildman–Crippen LogP) is 3.19. The summed E-state index contributed by atoms with van der Waals surface area (Å²) in [4.78, 5) is 0. The molecule has 0 amide bonds. The molecule has 0 aromatic carbocycles. The van der Waals surface area contributed by atoms with E-state index in [9.17, 15) is 0 Å². The molecule has 0 aromatic rings. The monoisotopic (exact) mass is 210 g/mol. The highest BCUT2D eigenvalue weighted by atomic mass is 32.2. The molecule has 2 aliphatic heterocycles. The van der Waals surface area contributed by atoms with Gasteiger partial charge in [0.1, 0.15) is 18.3 Å². The Bertz CT molecular complexity index is 271. The number of hydrogen-bond donors (Lipinski definition) is 0. The fourth-order valence-corrected chi connectivity index (χ4v) is 2.94. The van der Waals surface area contributed by atoms with Crippen molar-refractivity contribution in [3.8, 4) is 0 Å². The van der Waals surface area contributed by atoms with E-state index in [4.69, 9.17) is 9.47 Å². The quantitative estimate of drug-likeness (QED) is 0.666. The zero-order valence-electron chi connectivity index (χ0n) is 8.07. The summed E-state index contributed by atoms with van der Waals surface area (Å²) in [5.41, 5.74) is 0. The minimum Gasteiger partial charge on any atom is -0.462 e. The Morgan fingerprint density at radius 2 is 2.36 bits per heavy atom. The van der Waals surface area contributed by atoms with E-state index in [1.54, 1.807) is 12.5 Å². The SMILES string of the molecule is C=CCC1=C(C2CCCS2)OC=CO1. The van der Waals surface area contributed by atoms with Gasteiger partial charge >= 0.3 is 0 Å². The van der Waals surface area contributed by atoms with Gasteiger partial charge in [0.05, 0.1) is 5.25 Å². The molecule has 2 heterocycles. The number of ether oxygens (including phenoxy) is 2. The van der Waals surface area contributed by atoms with Crippen LogP contribution >= 0.6 is 11.8 Å². The third kappa shape index (κ3) is 1.98. The fourth-order valence-electron chi connectivity index (χ4n) is 1.65. The Morgan fingerprint density at radius 3 is 3.07 bits per heavy atom. The maximum atomic E-state index is 5.53. The van der Waals surface area contributed by atoms with Gasteiger partial charge in [-0.3, -0.25) is 0 Å². The van der Waals surface area contributed by atoms with Crippen molar-refractivity contribution in [3.05, 3.63) is 36.7 Å². The van der Waals surface area contributed by atoms with E-state index in [2.05, 4.69) is 6.58 Å². The van der Waals surface area contributed by atoms with Crippen LogP contribution in [-0.4, -0.2) is 11.0 Å².